The Morgan fingerprint density at radius 1 is 1.47 bits per heavy atom. The number of ether oxygens (including phenoxy) is 1. The number of hydrogen-bond donors (Lipinski definition) is 0. The highest BCUT2D eigenvalue weighted by Gasteiger charge is 2.29. The molecule has 0 saturated heterocycles. The summed E-state index contributed by atoms with van der Waals surface area (Å²) < 4.78 is 5.05. The highest BCUT2D eigenvalue weighted by atomic mass is 16.5. The minimum atomic E-state index is -0.624. The van der Waals surface area contributed by atoms with Gasteiger partial charge < -0.3 is 4.74 Å². The van der Waals surface area contributed by atoms with E-state index in [1.165, 1.54) is 0 Å². The fourth-order valence-electron chi connectivity index (χ4n) is 1.85. The summed E-state index contributed by atoms with van der Waals surface area (Å²) in [6, 6.07) is 9.24. The molecule has 0 amide bonds. The Morgan fingerprint density at radius 3 is 2.59 bits per heavy atom. The number of carbonyl (C=O) groups excluding carboxylic acids is 1. The SMILES string of the molecule is COc1ccc(C(C#N)C(=O)CC2CC2)cc1. The van der Waals surface area contributed by atoms with Gasteiger partial charge in [-0.1, -0.05) is 12.1 Å². The first-order chi connectivity index (χ1) is 8.24. The van der Waals surface area contributed by atoms with Crippen LogP contribution in [0.25, 0.3) is 0 Å². The molecule has 1 atom stereocenters. The Bertz CT molecular complexity index is 440. The average molecular weight is 229 g/mol. The monoisotopic (exact) mass is 229 g/mol. The summed E-state index contributed by atoms with van der Waals surface area (Å²) in [6.45, 7) is 0. The molecule has 17 heavy (non-hydrogen) atoms. The van der Waals surface area contributed by atoms with Gasteiger partial charge >= 0.3 is 0 Å². The fraction of sp³-hybridized carbons (Fsp3) is 0.429. The molecular weight excluding hydrogens is 214 g/mol. The van der Waals surface area contributed by atoms with Crippen molar-refractivity contribution in [1.82, 2.24) is 0 Å². The van der Waals surface area contributed by atoms with Gasteiger partial charge in [-0.3, -0.25) is 4.79 Å². The molecule has 0 aromatic heterocycles. The Hall–Kier alpha value is -1.82. The third-order valence-corrected chi connectivity index (χ3v) is 3.09. The Kier molecular flexibility index (Phi) is 3.43. The molecule has 1 aromatic carbocycles. The predicted molar refractivity (Wildman–Crippen MR) is 63.7 cm³/mol. The summed E-state index contributed by atoms with van der Waals surface area (Å²) in [4.78, 5) is 11.9. The van der Waals surface area contributed by atoms with E-state index in [0.717, 1.165) is 24.2 Å². The second kappa shape index (κ2) is 5.01. The van der Waals surface area contributed by atoms with Gasteiger partial charge in [0.25, 0.3) is 0 Å². The van der Waals surface area contributed by atoms with Crippen molar-refractivity contribution in [3.63, 3.8) is 0 Å². The number of benzene rings is 1. The zero-order valence-corrected chi connectivity index (χ0v) is 9.85. The number of hydrogen-bond acceptors (Lipinski definition) is 3. The zero-order chi connectivity index (χ0) is 12.3. The van der Waals surface area contributed by atoms with Crippen molar-refractivity contribution in [2.45, 2.75) is 25.2 Å². The van der Waals surface area contributed by atoms with Gasteiger partial charge in [0.05, 0.1) is 13.2 Å². The van der Waals surface area contributed by atoms with Crippen molar-refractivity contribution in [2.75, 3.05) is 7.11 Å². The van der Waals surface area contributed by atoms with E-state index in [4.69, 9.17) is 10.00 Å². The standard InChI is InChI=1S/C14H15NO2/c1-17-12-6-4-11(5-7-12)13(9-15)14(16)8-10-2-3-10/h4-7,10,13H,2-3,8H2,1H3. The first-order valence-corrected chi connectivity index (χ1v) is 5.81. The van der Waals surface area contributed by atoms with Crippen molar-refractivity contribution >= 4 is 5.78 Å². The van der Waals surface area contributed by atoms with Crippen LogP contribution in [0.3, 0.4) is 0 Å². The van der Waals surface area contributed by atoms with Crippen LogP contribution < -0.4 is 4.74 Å². The zero-order valence-electron chi connectivity index (χ0n) is 9.85. The summed E-state index contributed by atoms with van der Waals surface area (Å²) in [6.07, 6.45) is 2.81. The molecule has 2 rings (SSSR count). The van der Waals surface area contributed by atoms with Crippen molar-refractivity contribution in [1.29, 1.82) is 5.26 Å². The van der Waals surface area contributed by atoms with E-state index in [9.17, 15) is 4.79 Å². The van der Waals surface area contributed by atoms with Gasteiger partial charge in [0, 0.05) is 6.42 Å². The molecule has 1 saturated carbocycles. The second-order valence-corrected chi connectivity index (χ2v) is 4.45. The van der Waals surface area contributed by atoms with Crippen LogP contribution in [0, 0.1) is 17.2 Å². The van der Waals surface area contributed by atoms with Gasteiger partial charge in [-0.05, 0) is 36.5 Å². The van der Waals surface area contributed by atoms with Gasteiger partial charge in [-0.2, -0.15) is 5.26 Å². The molecule has 0 bridgehead atoms. The Balaban J connectivity index is 2.10. The van der Waals surface area contributed by atoms with Crippen molar-refractivity contribution < 1.29 is 9.53 Å². The lowest BCUT2D eigenvalue weighted by molar-refractivity contribution is -0.119. The average Bonchev–Trinajstić information content (AvgIpc) is 3.15. The third kappa shape index (κ3) is 2.85. The molecule has 88 valence electrons. The van der Waals surface area contributed by atoms with Crippen LogP contribution in [0.1, 0.15) is 30.7 Å². The molecule has 0 spiro atoms. The number of methoxy groups -OCH3 is 1. The number of nitrogens with zero attached hydrogens (tertiary/aromatic N) is 1. The predicted octanol–water partition coefficient (Wildman–Crippen LogP) is 2.67. The molecule has 1 aliphatic rings. The molecule has 0 N–H and O–H groups in total. The van der Waals surface area contributed by atoms with E-state index in [-0.39, 0.29) is 5.78 Å². The van der Waals surface area contributed by atoms with Crippen LogP contribution in [0.2, 0.25) is 0 Å². The first kappa shape index (κ1) is 11.7. The summed E-state index contributed by atoms with van der Waals surface area (Å²) in [5, 5.41) is 9.11. The highest BCUT2D eigenvalue weighted by Crippen LogP contribution is 2.34. The Labute approximate surface area is 101 Å². The largest absolute Gasteiger partial charge is 0.497 e. The number of carbonyl (C=O) groups is 1. The first-order valence-electron chi connectivity index (χ1n) is 5.81. The second-order valence-electron chi connectivity index (χ2n) is 4.45. The molecule has 1 aromatic rings. The lowest BCUT2D eigenvalue weighted by Gasteiger charge is -2.08. The summed E-state index contributed by atoms with van der Waals surface area (Å²) in [5.74, 6) is 0.679. The van der Waals surface area contributed by atoms with Crippen LogP contribution in [0.4, 0.5) is 0 Å². The van der Waals surface area contributed by atoms with Gasteiger partial charge in [-0.25, -0.2) is 0 Å². The van der Waals surface area contributed by atoms with Crippen molar-refractivity contribution in [2.24, 2.45) is 5.92 Å². The maximum absolute atomic E-state index is 11.9. The maximum atomic E-state index is 11.9. The topological polar surface area (TPSA) is 50.1 Å². The minimum Gasteiger partial charge on any atom is -0.497 e. The molecule has 0 aliphatic heterocycles. The number of nitriles is 1. The number of rotatable bonds is 5. The van der Waals surface area contributed by atoms with E-state index < -0.39 is 5.92 Å². The number of Topliss-reactive ketones (excluding diaryl/α,β-unsaturated/α-hetero) is 1. The third-order valence-electron chi connectivity index (χ3n) is 3.09. The van der Waals surface area contributed by atoms with Crippen LogP contribution in [0.5, 0.6) is 5.75 Å². The van der Waals surface area contributed by atoms with Crippen LogP contribution in [-0.2, 0) is 4.79 Å². The van der Waals surface area contributed by atoms with Crippen LogP contribution in [0.15, 0.2) is 24.3 Å². The quantitative estimate of drug-likeness (QED) is 0.780. The van der Waals surface area contributed by atoms with Gasteiger partial charge in [0.15, 0.2) is 5.78 Å². The molecule has 0 radical (unpaired) electrons. The van der Waals surface area contributed by atoms with E-state index >= 15 is 0 Å². The molecule has 3 heteroatoms. The maximum Gasteiger partial charge on any atom is 0.154 e. The molecule has 1 aliphatic carbocycles. The summed E-state index contributed by atoms with van der Waals surface area (Å²) in [7, 11) is 1.59. The molecule has 1 fully saturated rings. The van der Waals surface area contributed by atoms with E-state index in [1.807, 2.05) is 0 Å². The van der Waals surface area contributed by atoms with E-state index in [2.05, 4.69) is 6.07 Å². The summed E-state index contributed by atoms with van der Waals surface area (Å²) >= 11 is 0. The van der Waals surface area contributed by atoms with Crippen molar-refractivity contribution in [3.8, 4) is 11.8 Å². The highest BCUT2D eigenvalue weighted by molar-refractivity contribution is 5.88. The van der Waals surface area contributed by atoms with Gasteiger partial charge in [0.2, 0.25) is 0 Å². The van der Waals surface area contributed by atoms with Gasteiger partial charge in [-0.15, -0.1) is 0 Å². The van der Waals surface area contributed by atoms with E-state index in [1.54, 1.807) is 31.4 Å². The normalized spacial score (nSPS) is 16.0. The molecule has 0 heterocycles. The van der Waals surface area contributed by atoms with Crippen LogP contribution >= 0.6 is 0 Å². The minimum absolute atomic E-state index is 0.0418. The smallest absolute Gasteiger partial charge is 0.154 e. The molecular formula is C14H15NO2. The van der Waals surface area contributed by atoms with E-state index in [0.29, 0.717) is 12.3 Å². The molecule has 1 unspecified atom stereocenters. The summed E-state index contributed by atoms with van der Waals surface area (Å²) in [5.41, 5.74) is 0.763. The van der Waals surface area contributed by atoms with Crippen LogP contribution in [-0.4, -0.2) is 12.9 Å². The van der Waals surface area contributed by atoms with Gasteiger partial charge in [0.1, 0.15) is 11.7 Å². The van der Waals surface area contributed by atoms with Crippen molar-refractivity contribution in [3.05, 3.63) is 29.8 Å². The lowest BCUT2D eigenvalue weighted by atomic mass is 9.93. The number of ketones is 1. The Morgan fingerprint density at radius 2 is 2.12 bits per heavy atom. The fourth-order valence-corrected chi connectivity index (χ4v) is 1.85. The lowest BCUT2D eigenvalue weighted by Crippen LogP contribution is -2.11. The molecule has 3 nitrogen and oxygen atoms in total.